The highest BCUT2D eigenvalue weighted by Crippen LogP contribution is 2.23. The number of carbonyl (C=O) groups is 2. The topological polar surface area (TPSA) is 49.4 Å². The van der Waals surface area contributed by atoms with Gasteiger partial charge in [-0.3, -0.25) is 9.59 Å². The third-order valence-electron chi connectivity index (χ3n) is 5.06. The largest absolute Gasteiger partial charge is 0.355 e. The Hall–Kier alpha value is -2.83. The van der Waals surface area contributed by atoms with Gasteiger partial charge in [-0.25, -0.2) is 4.39 Å². The van der Waals surface area contributed by atoms with Gasteiger partial charge in [0.1, 0.15) is 11.9 Å². The molecule has 1 atom stereocenters. The lowest BCUT2D eigenvalue weighted by molar-refractivity contribution is -0.139. The van der Waals surface area contributed by atoms with Gasteiger partial charge in [0.25, 0.3) is 0 Å². The fraction of sp³-hybridized carbons (Fsp3) is 0.231. The Morgan fingerprint density at radius 1 is 0.970 bits per heavy atom. The zero-order valence-electron chi connectivity index (χ0n) is 18.3. The first kappa shape index (κ1) is 24.8. The fourth-order valence-corrected chi connectivity index (χ4v) is 4.30. The van der Waals surface area contributed by atoms with Crippen molar-refractivity contribution in [2.75, 3.05) is 12.3 Å². The molecule has 0 aliphatic carbocycles. The van der Waals surface area contributed by atoms with Gasteiger partial charge in [-0.15, -0.1) is 11.8 Å². The number of amides is 2. The van der Waals surface area contributed by atoms with E-state index < -0.39 is 6.04 Å². The van der Waals surface area contributed by atoms with Gasteiger partial charge in [-0.05, 0) is 54.4 Å². The van der Waals surface area contributed by atoms with Crippen LogP contribution in [0.5, 0.6) is 0 Å². The lowest BCUT2D eigenvalue weighted by atomic mass is 10.0. The van der Waals surface area contributed by atoms with E-state index in [0.717, 1.165) is 16.0 Å². The molecule has 4 nitrogen and oxygen atoms in total. The van der Waals surface area contributed by atoms with Crippen LogP contribution in [0.25, 0.3) is 0 Å². The van der Waals surface area contributed by atoms with Crippen LogP contribution in [0.4, 0.5) is 4.39 Å². The zero-order valence-corrected chi connectivity index (χ0v) is 19.9. The Labute approximate surface area is 203 Å². The first-order valence-electron chi connectivity index (χ1n) is 10.7. The van der Waals surface area contributed by atoms with E-state index in [-0.39, 0.29) is 29.9 Å². The van der Waals surface area contributed by atoms with E-state index in [1.165, 1.54) is 23.9 Å². The van der Waals surface area contributed by atoms with Crippen LogP contribution in [-0.2, 0) is 22.6 Å². The maximum atomic E-state index is 13.4. The summed E-state index contributed by atoms with van der Waals surface area (Å²) in [6, 6.07) is 22.2. The highest BCUT2D eigenvalue weighted by molar-refractivity contribution is 8.00. The molecule has 3 aromatic carbocycles. The fourth-order valence-electron chi connectivity index (χ4n) is 3.39. The minimum Gasteiger partial charge on any atom is -0.355 e. The second-order valence-corrected chi connectivity index (χ2v) is 8.98. The summed E-state index contributed by atoms with van der Waals surface area (Å²) in [7, 11) is 0. The maximum absolute atomic E-state index is 13.4. The SMILES string of the molecule is CCNC(=O)[C@@H](Cc1ccccc1)N(Cc1ccc(F)cc1)C(=O)CSc1ccc(Cl)cc1. The van der Waals surface area contributed by atoms with Crippen LogP contribution in [0.15, 0.2) is 83.8 Å². The van der Waals surface area contributed by atoms with Gasteiger partial charge in [0.2, 0.25) is 11.8 Å². The van der Waals surface area contributed by atoms with Crippen molar-refractivity contribution in [2.45, 2.75) is 30.8 Å². The lowest BCUT2D eigenvalue weighted by Crippen LogP contribution is -2.51. The highest BCUT2D eigenvalue weighted by Gasteiger charge is 2.30. The summed E-state index contributed by atoms with van der Waals surface area (Å²) in [5, 5.41) is 3.49. The monoisotopic (exact) mass is 484 g/mol. The van der Waals surface area contributed by atoms with Crippen LogP contribution >= 0.6 is 23.4 Å². The molecule has 0 radical (unpaired) electrons. The Bertz CT molecular complexity index is 1050. The molecule has 0 bridgehead atoms. The third-order valence-corrected chi connectivity index (χ3v) is 6.31. The molecule has 0 aliphatic heterocycles. The molecule has 3 rings (SSSR count). The van der Waals surface area contributed by atoms with Crippen molar-refractivity contribution in [1.29, 1.82) is 0 Å². The predicted octanol–water partition coefficient (Wildman–Crippen LogP) is 5.35. The van der Waals surface area contributed by atoms with Gasteiger partial charge in [-0.1, -0.05) is 54.1 Å². The van der Waals surface area contributed by atoms with Crippen LogP contribution in [-0.4, -0.2) is 35.1 Å². The molecular formula is C26H26ClFN2O2S. The number of likely N-dealkylation sites (N-methyl/N-ethyl adjacent to an activating group) is 1. The van der Waals surface area contributed by atoms with Crippen molar-refractivity contribution < 1.29 is 14.0 Å². The molecule has 0 fully saturated rings. The number of rotatable bonds is 10. The molecule has 33 heavy (non-hydrogen) atoms. The third kappa shape index (κ3) is 7.62. The molecule has 3 aromatic rings. The van der Waals surface area contributed by atoms with Crippen molar-refractivity contribution in [2.24, 2.45) is 0 Å². The number of hydrogen-bond donors (Lipinski definition) is 1. The summed E-state index contributed by atoms with van der Waals surface area (Å²) in [6.07, 6.45) is 0.380. The number of hydrogen-bond acceptors (Lipinski definition) is 3. The van der Waals surface area contributed by atoms with E-state index in [4.69, 9.17) is 11.6 Å². The molecule has 2 amide bonds. The minimum absolute atomic E-state index is 0.160. The zero-order chi connectivity index (χ0) is 23.6. The van der Waals surface area contributed by atoms with Crippen LogP contribution in [0.1, 0.15) is 18.1 Å². The Balaban J connectivity index is 1.87. The summed E-state index contributed by atoms with van der Waals surface area (Å²) in [5.41, 5.74) is 1.71. The predicted molar refractivity (Wildman–Crippen MR) is 132 cm³/mol. The minimum atomic E-state index is -0.698. The van der Waals surface area contributed by atoms with Gasteiger partial charge in [-0.2, -0.15) is 0 Å². The van der Waals surface area contributed by atoms with Gasteiger partial charge >= 0.3 is 0 Å². The molecule has 0 unspecified atom stereocenters. The van der Waals surface area contributed by atoms with Crippen molar-refractivity contribution in [3.63, 3.8) is 0 Å². The van der Waals surface area contributed by atoms with Gasteiger partial charge in [0.05, 0.1) is 5.75 Å². The first-order chi connectivity index (χ1) is 16.0. The van der Waals surface area contributed by atoms with Crippen molar-refractivity contribution in [1.82, 2.24) is 10.2 Å². The average molecular weight is 485 g/mol. The molecule has 0 aromatic heterocycles. The molecule has 0 heterocycles. The Kier molecular flexibility index (Phi) is 9.34. The van der Waals surface area contributed by atoms with Crippen molar-refractivity contribution in [3.05, 3.63) is 101 Å². The summed E-state index contributed by atoms with van der Waals surface area (Å²) in [5.74, 6) is -0.577. The second kappa shape index (κ2) is 12.4. The number of nitrogens with one attached hydrogen (secondary N) is 1. The van der Waals surface area contributed by atoms with E-state index in [0.29, 0.717) is 18.0 Å². The number of benzene rings is 3. The van der Waals surface area contributed by atoms with E-state index in [1.54, 1.807) is 29.2 Å². The highest BCUT2D eigenvalue weighted by atomic mass is 35.5. The molecule has 0 spiro atoms. The molecule has 0 saturated heterocycles. The first-order valence-corrected chi connectivity index (χ1v) is 12.1. The van der Waals surface area contributed by atoms with Crippen LogP contribution in [0, 0.1) is 5.82 Å². The number of halogens is 2. The molecule has 0 saturated carbocycles. The normalized spacial score (nSPS) is 11.6. The molecular weight excluding hydrogens is 459 g/mol. The van der Waals surface area contributed by atoms with Gasteiger partial charge in [0, 0.05) is 29.4 Å². The average Bonchev–Trinajstić information content (AvgIpc) is 2.82. The summed E-state index contributed by atoms with van der Waals surface area (Å²) in [4.78, 5) is 29.0. The van der Waals surface area contributed by atoms with Gasteiger partial charge < -0.3 is 10.2 Å². The quantitative estimate of drug-likeness (QED) is 0.395. The summed E-state index contributed by atoms with van der Waals surface area (Å²) >= 11 is 7.34. The van der Waals surface area contributed by atoms with Crippen LogP contribution in [0.2, 0.25) is 5.02 Å². The van der Waals surface area contributed by atoms with E-state index in [1.807, 2.05) is 49.4 Å². The number of carbonyl (C=O) groups excluding carboxylic acids is 2. The lowest BCUT2D eigenvalue weighted by Gasteiger charge is -2.31. The number of thioether (sulfide) groups is 1. The van der Waals surface area contributed by atoms with Crippen molar-refractivity contribution >= 4 is 35.2 Å². The van der Waals surface area contributed by atoms with E-state index >= 15 is 0 Å². The molecule has 0 aliphatic rings. The van der Waals surface area contributed by atoms with Gasteiger partial charge in [0.15, 0.2) is 0 Å². The van der Waals surface area contributed by atoms with Crippen molar-refractivity contribution in [3.8, 4) is 0 Å². The number of nitrogens with zero attached hydrogens (tertiary/aromatic N) is 1. The molecule has 7 heteroatoms. The van der Waals surface area contributed by atoms with E-state index in [9.17, 15) is 14.0 Å². The second-order valence-electron chi connectivity index (χ2n) is 7.49. The molecule has 1 N–H and O–H groups in total. The van der Waals surface area contributed by atoms with E-state index in [2.05, 4.69) is 5.32 Å². The standard InChI is InChI=1S/C26H26ClFN2O2S/c1-2-29-26(32)24(16-19-6-4-3-5-7-19)30(17-20-8-12-22(28)13-9-20)25(31)18-33-23-14-10-21(27)11-15-23/h3-15,24H,2,16-18H2,1H3,(H,29,32)/t24-/m1/s1. The summed E-state index contributed by atoms with van der Waals surface area (Å²) in [6.45, 7) is 2.51. The van der Waals surface area contributed by atoms with Crippen LogP contribution < -0.4 is 5.32 Å². The van der Waals surface area contributed by atoms with Crippen LogP contribution in [0.3, 0.4) is 0 Å². The Morgan fingerprint density at radius 3 is 2.27 bits per heavy atom. The summed E-state index contributed by atoms with van der Waals surface area (Å²) < 4.78 is 13.4. The smallest absolute Gasteiger partial charge is 0.243 e. The maximum Gasteiger partial charge on any atom is 0.243 e. The molecule has 172 valence electrons. The Morgan fingerprint density at radius 2 is 1.64 bits per heavy atom.